The van der Waals surface area contributed by atoms with Gasteiger partial charge in [0.25, 0.3) is 0 Å². The van der Waals surface area contributed by atoms with E-state index in [9.17, 15) is 19.0 Å². The molecule has 0 radical (unpaired) electrons. The number of esters is 2. The summed E-state index contributed by atoms with van der Waals surface area (Å²) in [6, 6.07) is 0. The van der Waals surface area contributed by atoms with E-state index < -0.39 is 26.5 Å². The molecular weight excluding hydrogens is 1100 g/mol. The van der Waals surface area contributed by atoms with Crippen molar-refractivity contribution in [2.24, 2.45) is 0 Å². The highest BCUT2D eigenvalue weighted by atomic mass is 31.2. The van der Waals surface area contributed by atoms with Gasteiger partial charge in [0, 0.05) is 12.8 Å². The Balaban J connectivity index is 3.97. The normalized spacial score (nSPS) is 13.5. The van der Waals surface area contributed by atoms with Crippen molar-refractivity contribution in [2.45, 2.75) is 360 Å². The van der Waals surface area contributed by atoms with Gasteiger partial charge in [0.05, 0.1) is 27.7 Å². The molecule has 0 aromatic carbocycles. The molecule has 0 aromatic heterocycles. The first-order valence-corrected chi connectivity index (χ1v) is 38.7. The molecule has 0 aromatic rings. The van der Waals surface area contributed by atoms with Crippen LogP contribution in [0.4, 0.5) is 0 Å². The number of carbonyl (C=O) groups excluding carboxylic acids is 2. The number of hydrogen-bond donors (Lipinski definition) is 1. The quantitative estimate of drug-likeness (QED) is 0.0211. The third kappa shape index (κ3) is 72.4. The van der Waals surface area contributed by atoms with Crippen LogP contribution >= 0.6 is 7.82 Å². The van der Waals surface area contributed by atoms with Crippen molar-refractivity contribution in [2.75, 3.05) is 47.5 Å². The number of unbranched alkanes of at least 4 members (excludes halogenated alkanes) is 43. The van der Waals surface area contributed by atoms with Gasteiger partial charge in [0.2, 0.25) is 0 Å². The Morgan fingerprint density at radius 1 is 0.368 bits per heavy atom. The molecule has 0 rings (SSSR count). The largest absolute Gasteiger partial charge is 0.472 e. The minimum absolute atomic E-state index is 0.0286. The molecule has 0 saturated heterocycles. The van der Waals surface area contributed by atoms with Crippen LogP contribution in [0.25, 0.3) is 0 Å². The minimum Gasteiger partial charge on any atom is -0.462 e. The number of quaternary nitrogens is 1. The number of phosphoric ester groups is 1. The Morgan fingerprint density at radius 3 is 0.977 bits per heavy atom. The van der Waals surface area contributed by atoms with E-state index in [0.717, 1.165) is 83.5 Å². The fourth-order valence-electron chi connectivity index (χ4n) is 10.8. The monoisotopic (exact) mass is 1240 g/mol. The summed E-state index contributed by atoms with van der Waals surface area (Å²) < 4.78 is 34.7. The number of phosphoric acid groups is 1. The van der Waals surface area contributed by atoms with Crippen LogP contribution in [0.3, 0.4) is 0 Å². The van der Waals surface area contributed by atoms with Gasteiger partial charge in [-0.2, -0.15) is 0 Å². The van der Waals surface area contributed by atoms with Crippen LogP contribution in [-0.4, -0.2) is 74.9 Å². The summed E-state index contributed by atoms with van der Waals surface area (Å²) in [5.41, 5.74) is 0. The molecule has 1 N–H and O–H groups in total. The lowest BCUT2D eigenvalue weighted by molar-refractivity contribution is -0.870. The molecule has 2 unspecified atom stereocenters. The van der Waals surface area contributed by atoms with Crippen LogP contribution in [0.15, 0.2) is 72.9 Å². The molecule has 0 aliphatic rings. The molecule has 0 bridgehead atoms. The number of likely N-dealkylation sites (N-methyl/N-ethyl adjacent to an activating group) is 1. The smallest absolute Gasteiger partial charge is 0.462 e. The van der Waals surface area contributed by atoms with Crippen LogP contribution in [0.5, 0.6) is 0 Å². The van der Waals surface area contributed by atoms with Crippen LogP contribution in [0, 0.1) is 0 Å². The second kappa shape index (κ2) is 67.8. The standard InChI is InChI=1S/C77H142NO8P/c1-6-8-10-12-14-16-18-20-22-24-26-28-30-32-34-35-36-37-38-39-40-41-42-44-45-47-49-51-53-55-57-59-61-63-65-67-69-76(79)83-73-75(74-85-87(81,82)84-72-71-78(3,4)5)86-77(80)70-68-66-64-62-60-58-56-54-52-50-48-46-43-33-31-29-27-25-23-21-19-17-15-13-11-9-7-2/h9,11,15,17,21,23,27,29,33,43,48,50,75H,6-8,10,12-14,16,18-20,22,24-26,28,30-32,34-42,44-47,49,51-74H2,1-5H3/p+1/b11-9-,17-15-,23-21-,29-27-,43-33-,50-48-. The van der Waals surface area contributed by atoms with Gasteiger partial charge in [-0.1, -0.05) is 350 Å². The molecule has 508 valence electrons. The Kier molecular flexibility index (Phi) is 65.8. The zero-order valence-corrected chi connectivity index (χ0v) is 58.9. The fraction of sp³-hybridized carbons (Fsp3) is 0.818. The minimum atomic E-state index is -4.40. The van der Waals surface area contributed by atoms with Gasteiger partial charge in [-0.25, -0.2) is 4.57 Å². The van der Waals surface area contributed by atoms with Crippen molar-refractivity contribution < 1.29 is 42.1 Å². The lowest BCUT2D eigenvalue weighted by Gasteiger charge is -2.24. The molecule has 0 saturated carbocycles. The maximum atomic E-state index is 12.9. The van der Waals surface area contributed by atoms with Crippen LogP contribution in [0.2, 0.25) is 0 Å². The zero-order chi connectivity index (χ0) is 63.4. The second-order valence-electron chi connectivity index (χ2n) is 26.3. The van der Waals surface area contributed by atoms with E-state index >= 15 is 0 Å². The van der Waals surface area contributed by atoms with E-state index in [0.29, 0.717) is 17.4 Å². The van der Waals surface area contributed by atoms with Gasteiger partial charge in [-0.05, 0) is 64.2 Å². The second-order valence-corrected chi connectivity index (χ2v) is 27.8. The van der Waals surface area contributed by atoms with E-state index in [-0.39, 0.29) is 32.0 Å². The van der Waals surface area contributed by atoms with Gasteiger partial charge in [0.15, 0.2) is 6.10 Å². The van der Waals surface area contributed by atoms with Gasteiger partial charge in [0.1, 0.15) is 19.8 Å². The maximum Gasteiger partial charge on any atom is 0.472 e. The summed E-state index contributed by atoms with van der Waals surface area (Å²) in [4.78, 5) is 35.9. The Morgan fingerprint density at radius 2 is 0.655 bits per heavy atom. The molecule has 9 nitrogen and oxygen atoms in total. The number of allylic oxidation sites excluding steroid dienone is 12. The number of rotatable bonds is 69. The molecular formula is C77H143NO8P+. The van der Waals surface area contributed by atoms with Crippen molar-refractivity contribution >= 4 is 19.8 Å². The summed E-state index contributed by atoms with van der Waals surface area (Å²) >= 11 is 0. The first kappa shape index (κ1) is 84.5. The number of carbonyl (C=O) groups is 2. The molecule has 0 heterocycles. The van der Waals surface area contributed by atoms with Crippen LogP contribution in [-0.2, 0) is 32.7 Å². The van der Waals surface area contributed by atoms with Gasteiger partial charge in [-0.15, -0.1) is 0 Å². The van der Waals surface area contributed by atoms with E-state index in [2.05, 4.69) is 86.8 Å². The zero-order valence-electron chi connectivity index (χ0n) is 58.0. The van der Waals surface area contributed by atoms with Crippen molar-refractivity contribution in [1.82, 2.24) is 0 Å². The average Bonchev–Trinajstić information content (AvgIpc) is 3.68. The van der Waals surface area contributed by atoms with Crippen molar-refractivity contribution in [3.8, 4) is 0 Å². The van der Waals surface area contributed by atoms with Crippen LogP contribution < -0.4 is 0 Å². The molecule has 10 heteroatoms. The Labute approximate surface area is 539 Å². The average molecular weight is 1240 g/mol. The lowest BCUT2D eigenvalue weighted by atomic mass is 10.0. The third-order valence-corrected chi connectivity index (χ3v) is 17.5. The lowest BCUT2D eigenvalue weighted by Crippen LogP contribution is -2.37. The summed E-state index contributed by atoms with van der Waals surface area (Å²) in [5.74, 6) is -0.795. The van der Waals surface area contributed by atoms with E-state index in [4.69, 9.17) is 18.5 Å². The molecule has 87 heavy (non-hydrogen) atoms. The first-order chi connectivity index (χ1) is 42.5. The summed E-state index contributed by atoms with van der Waals surface area (Å²) in [6.45, 7) is 4.36. The van der Waals surface area contributed by atoms with Gasteiger partial charge in [-0.3, -0.25) is 18.6 Å². The summed E-state index contributed by atoms with van der Waals surface area (Å²) in [5, 5.41) is 0. The van der Waals surface area contributed by atoms with Gasteiger partial charge >= 0.3 is 19.8 Å². The molecule has 2 atom stereocenters. The maximum absolute atomic E-state index is 12.9. The highest BCUT2D eigenvalue weighted by molar-refractivity contribution is 7.47. The van der Waals surface area contributed by atoms with Crippen molar-refractivity contribution in [3.05, 3.63) is 72.9 Å². The van der Waals surface area contributed by atoms with E-state index in [1.54, 1.807) is 0 Å². The predicted octanol–water partition coefficient (Wildman–Crippen LogP) is 24.3. The van der Waals surface area contributed by atoms with Crippen molar-refractivity contribution in [1.29, 1.82) is 0 Å². The Hall–Kier alpha value is -2.55. The summed E-state index contributed by atoms with van der Waals surface area (Å²) in [7, 11) is 1.48. The molecule has 0 fully saturated rings. The SMILES string of the molecule is CC/C=C\C/C=C\C/C=C\C/C=C\C/C=C\C/C=C\CCCCCCCCCCC(=O)OC(COC(=O)CCCCCCCCCCCCCCCCCCCCCCCCCCCCCCCCCCCCCC)COP(=O)(O)OCC[N+](C)(C)C. The van der Waals surface area contributed by atoms with Gasteiger partial charge < -0.3 is 18.9 Å². The third-order valence-electron chi connectivity index (χ3n) is 16.5. The van der Waals surface area contributed by atoms with E-state index in [1.165, 1.54) is 238 Å². The topological polar surface area (TPSA) is 108 Å². The molecule has 0 aliphatic carbocycles. The number of ether oxygens (including phenoxy) is 2. The summed E-state index contributed by atoms with van der Waals surface area (Å²) in [6.07, 6.45) is 91.8. The highest BCUT2D eigenvalue weighted by Crippen LogP contribution is 2.43. The molecule has 0 aliphatic heterocycles. The Bertz CT molecular complexity index is 1700. The number of hydrogen-bond acceptors (Lipinski definition) is 7. The molecule has 0 amide bonds. The first-order valence-electron chi connectivity index (χ1n) is 37.2. The fourth-order valence-corrected chi connectivity index (χ4v) is 11.6. The van der Waals surface area contributed by atoms with E-state index in [1.807, 2.05) is 21.1 Å². The number of nitrogens with zero attached hydrogens (tertiary/aromatic N) is 1. The highest BCUT2D eigenvalue weighted by Gasteiger charge is 2.27. The van der Waals surface area contributed by atoms with Crippen molar-refractivity contribution in [3.63, 3.8) is 0 Å². The predicted molar refractivity (Wildman–Crippen MR) is 376 cm³/mol. The molecule has 0 spiro atoms. The van der Waals surface area contributed by atoms with Crippen LogP contribution in [0.1, 0.15) is 354 Å².